The van der Waals surface area contributed by atoms with E-state index < -0.39 is 10.1 Å². The Morgan fingerprint density at radius 3 is 2.36 bits per heavy atom. The van der Waals surface area contributed by atoms with E-state index in [4.69, 9.17) is 4.18 Å². The lowest BCUT2D eigenvalue weighted by Gasteiger charge is -2.08. The zero-order valence-electron chi connectivity index (χ0n) is 13.1. The van der Waals surface area contributed by atoms with Crippen molar-refractivity contribution in [3.63, 3.8) is 0 Å². The standard InChI is InChI=1S/C17H22O3S.H3N/c1-2-3-4-5-8-14-20-21(18,19)17-13-9-11-15-10-6-7-12-16(15)17;/h6-7,9-13H,2-5,8,14H2,1H3;1H3. The van der Waals surface area contributed by atoms with Crippen molar-refractivity contribution in [1.29, 1.82) is 0 Å². The Bertz CT molecular complexity index is 678. The molecule has 0 aliphatic rings. The third-order valence-electron chi connectivity index (χ3n) is 3.51. The van der Waals surface area contributed by atoms with Crippen LogP contribution in [-0.4, -0.2) is 15.0 Å². The van der Waals surface area contributed by atoms with Gasteiger partial charge in [-0.1, -0.05) is 69.0 Å². The molecule has 4 nitrogen and oxygen atoms in total. The summed E-state index contributed by atoms with van der Waals surface area (Å²) in [4.78, 5) is 0.258. The highest BCUT2D eigenvalue weighted by Crippen LogP contribution is 2.24. The van der Waals surface area contributed by atoms with E-state index in [-0.39, 0.29) is 17.7 Å². The maximum absolute atomic E-state index is 12.3. The first-order chi connectivity index (χ1) is 10.1. The van der Waals surface area contributed by atoms with Crippen LogP contribution in [0.25, 0.3) is 10.8 Å². The lowest BCUT2D eigenvalue weighted by Crippen LogP contribution is -2.08. The van der Waals surface area contributed by atoms with Crippen molar-refractivity contribution in [2.45, 2.75) is 43.9 Å². The van der Waals surface area contributed by atoms with Crippen LogP contribution in [0, 0.1) is 0 Å². The topological polar surface area (TPSA) is 78.4 Å². The first kappa shape index (κ1) is 18.6. The molecule has 3 N–H and O–H groups in total. The summed E-state index contributed by atoms with van der Waals surface area (Å²) in [6.45, 7) is 2.41. The summed E-state index contributed by atoms with van der Waals surface area (Å²) in [5.41, 5.74) is 0. The molecule has 0 amide bonds. The van der Waals surface area contributed by atoms with Crippen molar-refractivity contribution < 1.29 is 12.6 Å². The Labute approximate surface area is 133 Å². The molecule has 0 heterocycles. The molecule has 0 unspecified atom stereocenters. The lowest BCUT2D eigenvalue weighted by atomic mass is 10.1. The summed E-state index contributed by atoms with van der Waals surface area (Å²) in [6, 6.07) is 12.7. The van der Waals surface area contributed by atoms with E-state index in [1.54, 1.807) is 12.1 Å². The third-order valence-corrected chi connectivity index (χ3v) is 4.88. The summed E-state index contributed by atoms with van der Waals surface area (Å²) in [5.74, 6) is 0. The van der Waals surface area contributed by atoms with E-state index in [2.05, 4.69) is 6.92 Å². The Morgan fingerprint density at radius 2 is 1.59 bits per heavy atom. The van der Waals surface area contributed by atoms with E-state index in [0.29, 0.717) is 5.39 Å². The van der Waals surface area contributed by atoms with Crippen LogP contribution in [0.15, 0.2) is 47.4 Å². The molecule has 0 bridgehead atoms. The third kappa shape index (κ3) is 4.80. The van der Waals surface area contributed by atoms with Gasteiger partial charge in [-0.05, 0) is 17.9 Å². The van der Waals surface area contributed by atoms with Gasteiger partial charge in [0.2, 0.25) is 0 Å². The van der Waals surface area contributed by atoms with Crippen molar-refractivity contribution in [2.75, 3.05) is 6.61 Å². The molecule has 22 heavy (non-hydrogen) atoms. The van der Waals surface area contributed by atoms with E-state index in [0.717, 1.165) is 24.6 Å². The van der Waals surface area contributed by atoms with Crippen LogP contribution in [0.4, 0.5) is 0 Å². The molecule has 122 valence electrons. The molecule has 5 heteroatoms. The second-order valence-corrected chi connectivity index (χ2v) is 6.75. The highest BCUT2D eigenvalue weighted by molar-refractivity contribution is 7.87. The van der Waals surface area contributed by atoms with Gasteiger partial charge in [0.25, 0.3) is 10.1 Å². The van der Waals surface area contributed by atoms with Crippen molar-refractivity contribution in [3.8, 4) is 0 Å². The molecule has 2 aromatic rings. The van der Waals surface area contributed by atoms with Crippen molar-refractivity contribution in [2.24, 2.45) is 0 Å². The second-order valence-electron chi connectivity index (χ2n) is 5.17. The Kier molecular flexibility index (Phi) is 7.51. The molecule has 0 spiro atoms. The SMILES string of the molecule is CCCCCCCOS(=O)(=O)c1cccc2ccccc12.N. The van der Waals surface area contributed by atoms with Crippen LogP contribution in [0.2, 0.25) is 0 Å². The van der Waals surface area contributed by atoms with Crippen LogP contribution < -0.4 is 6.15 Å². The highest BCUT2D eigenvalue weighted by atomic mass is 32.2. The number of rotatable bonds is 8. The van der Waals surface area contributed by atoms with E-state index >= 15 is 0 Å². The molecule has 2 aromatic carbocycles. The molecule has 0 saturated heterocycles. The average molecular weight is 323 g/mol. The largest absolute Gasteiger partial charge is 0.344 e. The molecule has 0 saturated carbocycles. The first-order valence-electron chi connectivity index (χ1n) is 7.52. The molecule has 0 aliphatic heterocycles. The normalized spacial score (nSPS) is 11.3. The summed E-state index contributed by atoms with van der Waals surface area (Å²) in [7, 11) is -3.68. The van der Waals surface area contributed by atoms with Gasteiger partial charge in [0.05, 0.1) is 6.61 Å². The zero-order chi connectivity index (χ0) is 15.1. The van der Waals surface area contributed by atoms with Gasteiger partial charge in [0.1, 0.15) is 4.90 Å². The summed E-state index contributed by atoms with van der Waals surface area (Å²) < 4.78 is 29.8. The quantitative estimate of drug-likeness (QED) is 0.565. The first-order valence-corrected chi connectivity index (χ1v) is 8.93. The fourth-order valence-electron chi connectivity index (χ4n) is 2.35. The molecular weight excluding hydrogens is 298 g/mol. The van der Waals surface area contributed by atoms with Gasteiger partial charge in [-0.15, -0.1) is 0 Å². The van der Waals surface area contributed by atoms with Gasteiger partial charge in [0.15, 0.2) is 0 Å². The van der Waals surface area contributed by atoms with E-state index in [1.165, 1.54) is 12.8 Å². The van der Waals surface area contributed by atoms with E-state index in [1.807, 2.05) is 30.3 Å². The molecular formula is C17H25NO3S. The monoisotopic (exact) mass is 323 g/mol. The number of hydrogen-bond donors (Lipinski definition) is 1. The van der Waals surface area contributed by atoms with Crippen LogP contribution in [0.3, 0.4) is 0 Å². The maximum Gasteiger partial charge on any atom is 0.297 e. The highest BCUT2D eigenvalue weighted by Gasteiger charge is 2.17. The maximum atomic E-state index is 12.3. The Morgan fingerprint density at radius 1 is 0.909 bits per heavy atom. The summed E-state index contributed by atoms with van der Waals surface area (Å²) in [6.07, 6.45) is 5.29. The summed E-state index contributed by atoms with van der Waals surface area (Å²) >= 11 is 0. The fraction of sp³-hybridized carbons (Fsp3) is 0.412. The van der Waals surface area contributed by atoms with Gasteiger partial charge in [-0.2, -0.15) is 8.42 Å². The van der Waals surface area contributed by atoms with Gasteiger partial charge < -0.3 is 6.15 Å². The van der Waals surface area contributed by atoms with Gasteiger partial charge in [-0.25, -0.2) is 0 Å². The summed E-state index contributed by atoms with van der Waals surface area (Å²) in [5, 5.41) is 1.62. The van der Waals surface area contributed by atoms with Crippen LogP contribution in [0.1, 0.15) is 39.0 Å². The van der Waals surface area contributed by atoms with Gasteiger partial charge in [0, 0.05) is 5.39 Å². The molecule has 2 rings (SSSR count). The van der Waals surface area contributed by atoms with Crippen molar-refractivity contribution in [3.05, 3.63) is 42.5 Å². The van der Waals surface area contributed by atoms with Crippen molar-refractivity contribution >= 4 is 20.9 Å². The molecule has 0 fully saturated rings. The van der Waals surface area contributed by atoms with Crippen LogP contribution >= 0.6 is 0 Å². The molecule has 0 aromatic heterocycles. The van der Waals surface area contributed by atoms with Crippen LogP contribution in [0.5, 0.6) is 0 Å². The minimum absolute atomic E-state index is 0. The average Bonchev–Trinajstić information content (AvgIpc) is 2.50. The predicted octanol–water partition coefficient (Wildman–Crippen LogP) is 4.68. The van der Waals surface area contributed by atoms with E-state index in [9.17, 15) is 8.42 Å². The molecule has 0 aliphatic carbocycles. The number of benzene rings is 2. The fourth-order valence-corrected chi connectivity index (χ4v) is 3.52. The second kappa shape index (κ2) is 8.88. The Hall–Kier alpha value is -1.43. The molecule has 0 atom stereocenters. The minimum Gasteiger partial charge on any atom is -0.344 e. The zero-order valence-corrected chi connectivity index (χ0v) is 13.9. The number of unbranched alkanes of at least 4 members (excludes halogenated alkanes) is 4. The van der Waals surface area contributed by atoms with Crippen LogP contribution in [-0.2, 0) is 14.3 Å². The smallest absolute Gasteiger partial charge is 0.297 e. The lowest BCUT2D eigenvalue weighted by molar-refractivity contribution is 0.307. The number of hydrogen-bond acceptors (Lipinski definition) is 4. The minimum atomic E-state index is -3.68. The van der Waals surface area contributed by atoms with Crippen molar-refractivity contribution in [1.82, 2.24) is 6.15 Å². The predicted molar refractivity (Wildman–Crippen MR) is 90.9 cm³/mol. The van der Waals surface area contributed by atoms with Gasteiger partial charge in [-0.3, -0.25) is 4.18 Å². The molecule has 0 radical (unpaired) electrons. The van der Waals surface area contributed by atoms with Gasteiger partial charge >= 0.3 is 0 Å². The number of fused-ring (bicyclic) bond motifs is 1. The Balaban J connectivity index is 0.00000242.